The van der Waals surface area contributed by atoms with E-state index >= 15 is 0 Å². The molecule has 4 heterocycles. The molecule has 0 amide bonds. The zero-order valence-electron chi connectivity index (χ0n) is 46.8. The van der Waals surface area contributed by atoms with Gasteiger partial charge in [0.1, 0.15) is 23.3 Å². The molecule has 9 aromatic rings. The van der Waals surface area contributed by atoms with Crippen LogP contribution in [0, 0.1) is 18.8 Å². The number of anilines is 2. The van der Waals surface area contributed by atoms with E-state index < -0.39 is 0 Å². The van der Waals surface area contributed by atoms with E-state index in [4.69, 9.17) is 24.7 Å². The average molecular weight is 1180 g/mol. The molecule has 1 aliphatic heterocycles. The second-order valence-electron chi connectivity index (χ2n) is 25.2. The summed E-state index contributed by atoms with van der Waals surface area (Å²) in [5, 5.41) is 2.07. The van der Waals surface area contributed by atoms with E-state index in [1.807, 2.05) is 36.5 Å². The van der Waals surface area contributed by atoms with Crippen molar-refractivity contribution in [3.8, 4) is 51.0 Å². The quantitative estimate of drug-likeness (QED) is 0.140. The first-order chi connectivity index (χ1) is 35.3. The van der Waals surface area contributed by atoms with Crippen molar-refractivity contribution in [1.82, 2.24) is 24.5 Å². The monoisotopic (exact) mass is 1180 g/mol. The van der Waals surface area contributed by atoms with Gasteiger partial charge in [0.25, 0.3) is 0 Å². The van der Waals surface area contributed by atoms with Crippen LogP contribution in [0.15, 0.2) is 146 Å². The fourth-order valence-electron chi connectivity index (χ4n) is 9.55. The normalized spacial score (nSPS) is 13.5. The van der Waals surface area contributed by atoms with Gasteiger partial charge in [-0.1, -0.05) is 194 Å². The number of ether oxygens (including phenoxy) is 1. The Balaban J connectivity index is 0.00000706. The van der Waals surface area contributed by atoms with E-state index in [0.717, 1.165) is 61.3 Å². The summed E-state index contributed by atoms with van der Waals surface area (Å²) in [6, 6.07) is 53.0. The van der Waals surface area contributed by atoms with Gasteiger partial charge in [-0.05, 0) is 85.6 Å². The second-order valence-corrected chi connectivity index (χ2v) is 25.2. The number of hydrogen-bond acceptors (Lipinski definition) is 7. The van der Waals surface area contributed by atoms with E-state index in [2.05, 4.69) is 246 Å². The molecule has 0 bridgehead atoms. The molecule has 0 atom stereocenters. The molecule has 392 valence electrons. The first kappa shape index (κ1) is 53.9. The van der Waals surface area contributed by atoms with Gasteiger partial charge in [-0.15, -0.1) is 48.1 Å². The van der Waals surface area contributed by atoms with Crippen molar-refractivity contribution in [1.29, 1.82) is 0 Å². The van der Waals surface area contributed by atoms with Crippen LogP contribution >= 0.6 is 0 Å². The van der Waals surface area contributed by atoms with Crippen molar-refractivity contribution in [2.24, 2.45) is 0 Å². The van der Waals surface area contributed by atoms with Gasteiger partial charge in [0.15, 0.2) is 0 Å². The summed E-state index contributed by atoms with van der Waals surface area (Å²) in [6.07, 6.45) is 6.03. The van der Waals surface area contributed by atoms with Crippen LogP contribution in [0.25, 0.3) is 61.3 Å². The third-order valence-electron chi connectivity index (χ3n) is 14.0. The number of benzene rings is 6. The number of hydrogen-bond donors (Lipinski definition) is 0. The molecule has 0 saturated heterocycles. The molecule has 0 aliphatic carbocycles. The molecule has 0 saturated carbocycles. The Morgan fingerprint density at radius 3 is 1.58 bits per heavy atom. The molecule has 3 aromatic heterocycles. The van der Waals surface area contributed by atoms with Crippen LogP contribution in [-0.2, 0) is 48.1 Å². The fourth-order valence-corrected chi connectivity index (χ4v) is 9.55. The van der Waals surface area contributed by atoms with Crippen LogP contribution in [0.5, 0.6) is 11.5 Å². The molecular formula is C67H70N7OPt-3. The van der Waals surface area contributed by atoms with Crippen molar-refractivity contribution in [2.75, 3.05) is 9.80 Å². The molecule has 0 unspecified atom stereocenters. The minimum absolute atomic E-state index is 0. The van der Waals surface area contributed by atoms with Crippen LogP contribution < -0.4 is 14.5 Å². The predicted octanol–water partition coefficient (Wildman–Crippen LogP) is 17.2. The largest absolute Gasteiger partial charge is 0.508 e. The SMILES string of the molecule is CC(C)(C)c1ccc(-c2cccc(-c3ccc(C(C)(C)C)cc3)c2N2C=CN(c3[c-]c(Oc4[c-]c5c(cc4-c4nc(C(C)(C)C)nc(C(C)(C)C)n4)c4cc(C(C)(C)C)ccc4n5-c4ccccn4)ccc3)[CH-]2)cc1.[Pt]. The molecule has 0 fully saturated rings. The van der Waals surface area contributed by atoms with Gasteiger partial charge in [0, 0.05) is 71.9 Å². The molecule has 0 N–H and O–H groups in total. The summed E-state index contributed by atoms with van der Waals surface area (Å²) < 4.78 is 9.27. The topological polar surface area (TPSA) is 72.2 Å². The van der Waals surface area contributed by atoms with Gasteiger partial charge >= 0.3 is 0 Å². The van der Waals surface area contributed by atoms with E-state index in [1.165, 1.54) is 16.7 Å². The number of pyridine rings is 1. The summed E-state index contributed by atoms with van der Waals surface area (Å²) in [5.74, 6) is 3.70. The van der Waals surface area contributed by atoms with Crippen LogP contribution in [0.2, 0.25) is 0 Å². The molecule has 9 heteroatoms. The minimum Gasteiger partial charge on any atom is -0.508 e. The Kier molecular flexibility index (Phi) is 14.1. The maximum Gasteiger partial charge on any atom is 0.137 e. The van der Waals surface area contributed by atoms with Crippen LogP contribution in [0.4, 0.5) is 11.4 Å². The molecule has 0 spiro atoms. The minimum atomic E-state index is -0.353. The summed E-state index contributed by atoms with van der Waals surface area (Å²) in [6.45, 7) is 35.2. The number of rotatable bonds is 8. The third-order valence-corrected chi connectivity index (χ3v) is 14.0. The Hall–Kier alpha value is -6.89. The molecule has 8 nitrogen and oxygen atoms in total. The zero-order valence-corrected chi connectivity index (χ0v) is 49.1. The number of para-hydroxylation sites is 1. The fraction of sp³-hybridized carbons (Fsp3) is 0.299. The summed E-state index contributed by atoms with van der Waals surface area (Å²) in [4.78, 5) is 24.7. The summed E-state index contributed by atoms with van der Waals surface area (Å²) >= 11 is 0. The maximum atomic E-state index is 7.10. The number of fused-ring (bicyclic) bond motifs is 3. The van der Waals surface area contributed by atoms with Crippen molar-refractivity contribution >= 4 is 33.2 Å². The first-order valence-corrected chi connectivity index (χ1v) is 26.2. The molecule has 6 aromatic carbocycles. The van der Waals surface area contributed by atoms with E-state index in [9.17, 15) is 0 Å². The van der Waals surface area contributed by atoms with Crippen LogP contribution in [0.3, 0.4) is 0 Å². The van der Waals surface area contributed by atoms with Crippen LogP contribution in [0.1, 0.15) is 132 Å². The second kappa shape index (κ2) is 19.9. The van der Waals surface area contributed by atoms with Crippen molar-refractivity contribution in [3.05, 3.63) is 193 Å². The summed E-state index contributed by atoms with van der Waals surface area (Å²) in [5.41, 5.74) is 12.1. The van der Waals surface area contributed by atoms with E-state index in [-0.39, 0.29) is 48.1 Å². The third kappa shape index (κ3) is 10.8. The van der Waals surface area contributed by atoms with Gasteiger partial charge in [-0.25, -0.2) is 19.9 Å². The summed E-state index contributed by atoms with van der Waals surface area (Å²) in [7, 11) is 0. The van der Waals surface area contributed by atoms with Gasteiger partial charge < -0.3 is 19.1 Å². The smallest absolute Gasteiger partial charge is 0.137 e. The van der Waals surface area contributed by atoms with Crippen molar-refractivity contribution < 1.29 is 25.8 Å². The first-order valence-electron chi connectivity index (χ1n) is 26.2. The Morgan fingerprint density at radius 1 is 0.487 bits per heavy atom. The molecule has 0 radical (unpaired) electrons. The van der Waals surface area contributed by atoms with Gasteiger partial charge in [0.05, 0.1) is 0 Å². The number of aromatic nitrogens is 5. The van der Waals surface area contributed by atoms with Gasteiger partial charge in [-0.2, -0.15) is 6.07 Å². The standard InChI is InChI=1S/C67H70N7O.Pt/c1-63(2,3)45-29-25-43(26-30-45)50-22-19-23-51(44-27-31-46(32-28-44)64(4,5)6)59(50)73-37-36-72(42-73)48-20-18-21-49(39-48)75-57-41-56-53(40-54(57)60-69-61(66(10,11)12)71-62(70-60)67(13,14)15)52-38-47(65(7,8)9)33-34-55(52)74(56)58-24-16-17-35-68-58;/h16-38,40,42H,1-15H3;/q-3;. The van der Waals surface area contributed by atoms with Crippen molar-refractivity contribution in [2.45, 2.75) is 131 Å². The van der Waals surface area contributed by atoms with Crippen molar-refractivity contribution in [3.63, 3.8) is 0 Å². The van der Waals surface area contributed by atoms with E-state index in [0.29, 0.717) is 34.5 Å². The molecule has 1 aliphatic rings. The Labute approximate surface area is 465 Å². The number of nitrogens with zero attached hydrogens (tertiary/aromatic N) is 7. The van der Waals surface area contributed by atoms with Gasteiger partial charge in [0.2, 0.25) is 0 Å². The Morgan fingerprint density at radius 2 is 1.04 bits per heavy atom. The molecular weight excluding hydrogens is 1110 g/mol. The van der Waals surface area contributed by atoms with E-state index in [1.54, 1.807) is 0 Å². The average Bonchev–Trinajstić information content (AvgIpc) is 3.99. The van der Waals surface area contributed by atoms with Gasteiger partial charge in [-0.3, -0.25) is 0 Å². The maximum absolute atomic E-state index is 7.10. The predicted molar refractivity (Wildman–Crippen MR) is 311 cm³/mol. The van der Waals surface area contributed by atoms with Crippen LogP contribution in [-0.4, -0.2) is 24.5 Å². The zero-order chi connectivity index (χ0) is 53.4. The molecule has 10 rings (SSSR count). The molecule has 76 heavy (non-hydrogen) atoms. The Bertz CT molecular complexity index is 3510.